The second-order valence-electron chi connectivity index (χ2n) is 9.13. The van der Waals surface area contributed by atoms with Crippen LogP contribution in [0.1, 0.15) is 53.9 Å². The molecule has 3 aliphatic heterocycles. The van der Waals surface area contributed by atoms with Crippen LogP contribution in [0.15, 0.2) is 24.3 Å². The molecule has 5 atom stereocenters. The zero-order valence-electron chi connectivity index (χ0n) is 18.9. The number of benzene rings is 1. The molecule has 1 amide bonds. The Morgan fingerprint density at radius 3 is 2.42 bits per heavy atom. The van der Waals surface area contributed by atoms with Crippen LogP contribution in [0.2, 0.25) is 0 Å². The van der Waals surface area contributed by atoms with Crippen molar-refractivity contribution in [3.63, 3.8) is 0 Å². The number of carbonyl (C=O) groups is 1. The lowest BCUT2D eigenvalue weighted by Crippen LogP contribution is -2.58. The van der Waals surface area contributed by atoms with Crippen molar-refractivity contribution in [2.75, 3.05) is 11.9 Å². The summed E-state index contributed by atoms with van der Waals surface area (Å²) in [7, 11) is 0. The van der Waals surface area contributed by atoms with Crippen LogP contribution >= 0.6 is 0 Å². The molecule has 3 heterocycles. The number of amides is 1. The van der Waals surface area contributed by atoms with E-state index in [9.17, 15) is 4.79 Å². The molecule has 1 aromatic carbocycles. The maximum Gasteiger partial charge on any atom is 0.256 e. The molecule has 8 heteroatoms. The first-order chi connectivity index (χ1) is 14.7. The smallest absolute Gasteiger partial charge is 0.256 e. The molecule has 172 valence electrons. The van der Waals surface area contributed by atoms with E-state index in [0.29, 0.717) is 18.0 Å². The van der Waals surface area contributed by atoms with Gasteiger partial charge in [0.2, 0.25) is 0 Å². The molecule has 0 radical (unpaired) electrons. The molecule has 1 N–H and O–H groups in total. The number of hydrogen-bond donors (Lipinski definition) is 1. The molecule has 0 saturated carbocycles. The first kappa shape index (κ1) is 22.5. The van der Waals surface area contributed by atoms with Gasteiger partial charge in [-0.25, -0.2) is 0 Å². The molecule has 1 aromatic rings. The summed E-state index contributed by atoms with van der Waals surface area (Å²) in [6.07, 6.45) is -0.0272. The third-order valence-electron chi connectivity index (χ3n) is 5.56. The molecule has 0 aromatic heterocycles. The second kappa shape index (κ2) is 8.67. The van der Waals surface area contributed by atoms with Crippen molar-refractivity contribution in [2.45, 2.75) is 96.2 Å². The Kier molecular flexibility index (Phi) is 6.29. The number of hydrogen-bond acceptors (Lipinski definition) is 7. The fourth-order valence-electron chi connectivity index (χ4n) is 4.26. The van der Waals surface area contributed by atoms with Gasteiger partial charge in [-0.2, -0.15) is 0 Å². The van der Waals surface area contributed by atoms with E-state index in [1.54, 1.807) is 0 Å². The van der Waals surface area contributed by atoms with Gasteiger partial charge in [-0.1, -0.05) is 31.9 Å². The Labute approximate surface area is 183 Å². The van der Waals surface area contributed by atoms with E-state index < -0.39 is 42.3 Å². The zero-order valence-corrected chi connectivity index (χ0v) is 18.9. The minimum absolute atomic E-state index is 0.340. The lowest BCUT2D eigenvalue weighted by Gasteiger charge is -2.36. The number of para-hydroxylation sites is 2. The van der Waals surface area contributed by atoms with Crippen LogP contribution in [0, 0.1) is 0 Å². The third-order valence-corrected chi connectivity index (χ3v) is 5.56. The number of rotatable bonds is 7. The summed E-state index contributed by atoms with van der Waals surface area (Å²) in [5, 5.41) is 2.94. The van der Waals surface area contributed by atoms with Gasteiger partial charge in [-0.3, -0.25) is 4.79 Å². The van der Waals surface area contributed by atoms with Crippen LogP contribution in [0.25, 0.3) is 0 Å². The van der Waals surface area contributed by atoms with Crippen molar-refractivity contribution in [1.29, 1.82) is 0 Å². The topological polar surface area (TPSA) is 84.5 Å². The van der Waals surface area contributed by atoms with Gasteiger partial charge in [0.15, 0.2) is 24.0 Å². The molecule has 0 aliphatic carbocycles. The van der Waals surface area contributed by atoms with Crippen molar-refractivity contribution in [2.24, 2.45) is 0 Å². The summed E-state index contributed by atoms with van der Waals surface area (Å²) in [5.74, 6) is -1.40. The minimum atomic E-state index is -0.918. The number of unbranched alkanes of at least 4 members (excludes halogenated alkanes) is 2. The second-order valence-corrected chi connectivity index (χ2v) is 9.13. The molecule has 3 fully saturated rings. The highest BCUT2D eigenvalue weighted by atomic mass is 16.9. The van der Waals surface area contributed by atoms with E-state index in [-0.39, 0.29) is 5.91 Å². The van der Waals surface area contributed by atoms with Gasteiger partial charge in [0.05, 0.1) is 12.3 Å². The fourth-order valence-corrected chi connectivity index (χ4v) is 4.26. The lowest BCUT2D eigenvalue weighted by atomic mass is 9.98. The zero-order chi connectivity index (χ0) is 22.2. The summed E-state index contributed by atoms with van der Waals surface area (Å²) in [4.78, 5) is 13.3. The van der Waals surface area contributed by atoms with E-state index in [1.807, 2.05) is 52.0 Å². The first-order valence-electron chi connectivity index (χ1n) is 11.1. The minimum Gasteiger partial charge on any atom is -0.491 e. The van der Waals surface area contributed by atoms with Gasteiger partial charge in [0, 0.05) is 0 Å². The molecular formula is C23H33NO7. The molecule has 0 spiro atoms. The molecule has 0 bridgehead atoms. The molecular weight excluding hydrogens is 402 g/mol. The van der Waals surface area contributed by atoms with Crippen molar-refractivity contribution >= 4 is 11.6 Å². The van der Waals surface area contributed by atoms with E-state index in [4.69, 9.17) is 28.4 Å². The highest BCUT2D eigenvalue weighted by Crippen LogP contribution is 2.44. The summed E-state index contributed by atoms with van der Waals surface area (Å²) in [6, 6.07) is 7.38. The van der Waals surface area contributed by atoms with Gasteiger partial charge in [-0.15, -0.1) is 0 Å². The predicted molar refractivity (Wildman–Crippen MR) is 113 cm³/mol. The number of fused-ring (bicyclic) bond motifs is 3. The SMILES string of the molecule is CCCCCOc1ccccc1NC(=O)[C@@H]1O[C@@H]2OC(C)(C)O[C@@H]2[C@H]2OC(C)(C)O[C@@H]21. The Balaban J connectivity index is 1.50. The molecule has 4 rings (SSSR count). The quantitative estimate of drug-likeness (QED) is 0.655. The average Bonchev–Trinajstić information content (AvgIpc) is 3.19. The Hall–Kier alpha value is -1.71. The largest absolute Gasteiger partial charge is 0.491 e. The summed E-state index contributed by atoms with van der Waals surface area (Å²) in [5.41, 5.74) is 0.591. The summed E-state index contributed by atoms with van der Waals surface area (Å²) >= 11 is 0. The molecule has 0 unspecified atom stereocenters. The normalized spacial score (nSPS) is 32.9. The van der Waals surface area contributed by atoms with E-state index in [2.05, 4.69) is 12.2 Å². The molecule has 31 heavy (non-hydrogen) atoms. The number of carbonyl (C=O) groups excluding carboxylic acids is 1. The van der Waals surface area contributed by atoms with Crippen LogP contribution in [0.5, 0.6) is 5.75 Å². The Morgan fingerprint density at radius 2 is 1.65 bits per heavy atom. The molecule has 3 saturated heterocycles. The van der Waals surface area contributed by atoms with Crippen LogP contribution in [-0.2, 0) is 28.5 Å². The number of nitrogens with one attached hydrogen (secondary N) is 1. The maximum atomic E-state index is 13.3. The van der Waals surface area contributed by atoms with Crippen LogP contribution in [-0.4, -0.2) is 54.8 Å². The Bertz CT molecular complexity index is 796. The molecule has 3 aliphatic rings. The van der Waals surface area contributed by atoms with Crippen molar-refractivity contribution < 1.29 is 33.2 Å². The average molecular weight is 436 g/mol. The number of ether oxygens (including phenoxy) is 6. The van der Waals surface area contributed by atoms with Crippen molar-refractivity contribution in [1.82, 2.24) is 0 Å². The first-order valence-corrected chi connectivity index (χ1v) is 11.1. The summed E-state index contributed by atoms with van der Waals surface area (Å²) < 4.78 is 35.9. The van der Waals surface area contributed by atoms with E-state index in [0.717, 1.165) is 19.3 Å². The van der Waals surface area contributed by atoms with Gasteiger partial charge in [0.25, 0.3) is 5.91 Å². The predicted octanol–water partition coefficient (Wildman–Crippen LogP) is 3.59. The monoisotopic (exact) mass is 435 g/mol. The number of anilines is 1. The van der Waals surface area contributed by atoms with Crippen LogP contribution in [0.3, 0.4) is 0 Å². The maximum absolute atomic E-state index is 13.3. The molecule has 8 nitrogen and oxygen atoms in total. The van der Waals surface area contributed by atoms with Crippen LogP contribution in [0.4, 0.5) is 5.69 Å². The van der Waals surface area contributed by atoms with Gasteiger partial charge in [-0.05, 0) is 46.2 Å². The van der Waals surface area contributed by atoms with E-state index in [1.165, 1.54) is 0 Å². The van der Waals surface area contributed by atoms with Gasteiger partial charge in [0.1, 0.15) is 24.1 Å². The van der Waals surface area contributed by atoms with Gasteiger partial charge < -0.3 is 33.7 Å². The van der Waals surface area contributed by atoms with Gasteiger partial charge >= 0.3 is 0 Å². The van der Waals surface area contributed by atoms with E-state index >= 15 is 0 Å². The van der Waals surface area contributed by atoms with Crippen molar-refractivity contribution in [3.05, 3.63) is 24.3 Å². The van der Waals surface area contributed by atoms with Crippen LogP contribution < -0.4 is 10.1 Å². The highest BCUT2D eigenvalue weighted by Gasteiger charge is 2.62. The van der Waals surface area contributed by atoms with Crippen molar-refractivity contribution in [3.8, 4) is 5.75 Å². The Morgan fingerprint density at radius 1 is 0.968 bits per heavy atom. The highest BCUT2D eigenvalue weighted by molar-refractivity contribution is 5.96. The summed E-state index contributed by atoms with van der Waals surface area (Å²) in [6.45, 7) is 10.00. The third kappa shape index (κ3) is 4.88. The fraction of sp³-hybridized carbons (Fsp3) is 0.696. The lowest BCUT2D eigenvalue weighted by molar-refractivity contribution is -0.229. The standard InChI is InChI=1S/C23H33NO7/c1-6-7-10-13-26-15-12-9-8-11-14(15)24-20(25)18-16-17(29-22(2,3)28-16)19-21(27-18)31-23(4,5)30-19/h8-9,11-12,16-19,21H,6-7,10,13H2,1-5H3,(H,24,25)/t16-,17-,18+,19+,21+/m0/s1.